The summed E-state index contributed by atoms with van der Waals surface area (Å²) in [5.74, 6) is 0. The Morgan fingerprint density at radius 1 is 1.47 bits per heavy atom. The topological polar surface area (TPSA) is 62.7 Å². The Morgan fingerprint density at radius 3 is 3.24 bits per heavy atom. The first-order valence-corrected chi connectivity index (χ1v) is 6.11. The monoisotopic (exact) mass is 232 g/mol. The summed E-state index contributed by atoms with van der Waals surface area (Å²) in [4.78, 5) is 19.0. The van der Waals surface area contributed by atoms with Gasteiger partial charge in [-0.1, -0.05) is 6.42 Å². The molecule has 0 aromatic carbocycles. The molecule has 1 aliphatic heterocycles. The molecular formula is C12H16N4O. The third-order valence-electron chi connectivity index (χ3n) is 3.34. The maximum Gasteiger partial charge on any atom is 0.327 e. The first-order chi connectivity index (χ1) is 8.34. The molecule has 2 N–H and O–H groups in total. The summed E-state index contributed by atoms with van der Waals surface area (Å²) in [5.41, 5.74) is 1.50. The van der Waals surface area contributed by atoms with E-state index in [2.05, 4.69) is 15.3 Å². The number of nitrogens with zero attached hydrogens (tertiary/aromatic N) is 2. The number of hydrogen-bond donors (Lipinski definition) is 2. The van der Waals surface area contributed by atoms with Gasteiger partial charge >= 0.3 is 5.69 Å². The largest absolute Gasteiger partial charge is 0.327 e. The second-order valence-electron chi connectivity index (χ2n) is 4.56. The number of fused-ring (bicyclic) bond motifs is 1. The van der Waals surface area contributed by atoms with Crippen LogP contribution in [0.2, 0.25) is 0 Å². The molecule has 90 valence electrons. The molecule has 0 amide bonds. The molecule has 5 nitrogen and oxygen atoms in total. The Morgan fingerprint density at radius 2 is 2.41 bits per heavy atom. The van der Waals surface area contributed by atoms with Gasteiger partial charge in [0.05, 0.1) is 5.52 Å². The summed E-state index contributed by atoms with van der Waals surface area (Å²) in [6.07, 6.45) is 5.33. The third kappa shape index (κ3) is 1.98. The molecule has 1 unspecified atom stereocenters. The summed E-state index contributed by atoms with van der Waals surface area (Å²) >= 11 is 0. The van der Waals surface area contributed by atoms with Crippen LogP contribution in [0.25, 0.3) is 11.2 Å². The van der Waals surface area contributed by atoms with Crippen molar-refractivity contribution in [3.63, 3.8) is 0 Å². The molecule has 0 bridgehead atoms. The molecule has 5 heteroatoms. The van der Waals surface area contributed by atoms with Gasteiger partial charge in [-0.3, -0.25) is 4.57 Å². The van der Waals surface area contributed by atoms with Crippen LogP contribution in [0.15, 0.2) is 23.1 Å². The van der Waals surface area contributed by atoms with E-state index >= 15 is 0 Å². The fourth-order valence-electron chi connectivity index (χ4n) is 2.46. The van der Waals surface area contributed by atoms with Gasteiger partial charge in [-0.2, -0.15) is 0 Å². The van der Waals surface area contributed by atoms with Gasteiger partial charge in [0.15, 0.2) is 5.65 Å². The molecule has 0 spiro atoms. The first kappa shape index (κ1) is 10.5. The lowest BCUT2D eigenvalue weighted by Crippen LogP contribution is -2.39. The second-order valence-corrected chi connectivity index (χ2v) is 4.56. The van der Waals surface area contributed by atoms with E-state index in [-0.39, 0.29) is 5.69 Å². The van der Waals surface area contributed by atoms with Crippen molar-refractivity contribution in [2.75, 3.05) is 6.54 Å². The van der Waals surface area contributed by atoms with Crippen LogP contribution in [-0.4, -0.2) is 27.1 Å². The van der Waals surface area contributed by atoms with Crippen LogP contribution in [-0.2, 0) is 6.54 Å². The van der Waals surface area contributed by atoms with E-state index in [9.17, 15) is 4.79 Å². The molecule has 1 saturated heterocycles. The van der Waals surface area contributed by atoms with Crippen molar-refractivity contribution in [1.29, 1.82) is 0 Å². The molecule has 2 aromatic rings. The molecule has 0 aliphatic carbocycles. The summed E-state index contributed by atoms with van der Waals surface area (Å²) in [7, 11) is 0. The Kier molecular flexibility index (Phi) is 2.68. The van der Waals surface area contributed by atoms with Crippen molar-refractivity contribution in [3.05, 3.63) is 28.8 Å². The molecule has 1 aliphatic rings. The number of rotatable bonds is 2. The number of hydrogen-bond acceptors (Lipinski definition) is 3. The van der Waals surface area contributed by atoms with Crippen LogP contribution in [0.1, 0.15) is 19.3 Å². The predicted molar refractivity (Wildman–Crippen MR) is 66.0 cm³/mol. The maximum absolute atomic E-state index is 11.9. The van der Waals surface area contributed by atoms with Crippen LogP contribution in [0.4, 0.5) is 0 Å². The number of pyridine rings is 1. The van der Waals surface area contributed by atoms with Gasteiger partial charge < -0.3 is 10.3 Å². The van der Waals surface area contributed by atoms with E-state index < -0.39 is 0 Å². The molecule has 0 saturated carbocycles. The maximum atomic E-state index is 11.9. The summed E-state index contributed by atoms with van der Waals surface area (Å²) in [5, 5.41) is 3.45. The Hall–Kier alpha value is -1.62. The number of aromatic amines is 1. The molecule has 1 fully saturated rings. The van der Waals surface area contributed by atoms with Crippen LogP contribution < -0.4 is 11.0 Å². The predicted octanol–water partition coefficient (Wildman–Crippen LogP) is 0.867. The van der Waals surface area contributed by atoms with Gasteiger partial charge in [-0.05, 0) is 31.5 Å². The Balaban J connectivity index is 1.93. The number of piperidine rings is 1. The molecule has 3 rings (SSSR count). The van der Waals surface area contributed by atoms with Gasteiger partial charge in [0.1, 0.15) is 0 Å². The highest BCUT2D eigenvalue weighted by molar-refractivity contribution is 5.69. The second kappa shape index (κ2) is 4.33. The van der Waals surface area contributed by atoms with E-state index in [0.717, 1.165) is 24.1 Å². The quantitative estimate of drug-likeness (QED) is 0.807. The fraction of sp³-hybridized carbons (Fsp3) is 0.500. The smallest absolute Gasteiger partial charge is 0.312 e. The molecular weight excluding hydrogens is 216 g/mol. The van der Waals surface area contributed by atoms with Crippen molar-refractivity contribution in [1.82, 2.24) is 19.9 Å². The van der Waals surface area contributed by atoms with E-state index in [0.29, 0.717) is 12.6 Å². The number of imidazole rings is 1. The average Bonchev–Trinajstić information content (AvgIpc) is 2.68. The van der Waals surface area contributed by atoms with Crippen LogP contribution >= 0.6 is 0 Å². The van der Waals surface area contributed by atoms with Crippen molar-refractivity contribution >= 4 is 11.2 Å². The lowest BCUT2D eigenvalue weighted by atomic mass is 10.1. The van der Waals surface area contributed by atoms with Crippen molar-refractivity contribution in [3.8, 4) is 0 Å². The number of aromatic nitrogens is 3. The number of nitrogens with one attached hydrogen (secondary N) is 2. The van der Waals surface area contributed by atoms with Crippen molar-refractivity contribution in [2.45, 2.75) is 31.8 Å². The average molecular weight is 232 g/mol. The van der Waals surface area contributed by atoms with Gasteiger partial charge in [0.25, 0.3) is 0 Å². The molecule has 0 radical (unpaired) electrons. The zero-order valence-electron chi connectivity index (χ0n) is 9.65. The van der Waals surface area contributed by atoms with Gasteiger partial charge in [-0.25, -0.2) is 9.78 Å². The van der Waals surface area contributed by atoms with Gasteiger partial charge in [0, 0.05) is 18.8 Å². The molecule has 2 aromatic heterocycles. The SMILES string of the molecule is O=c1[nH]c2cccnc2n1CC1CCCCN1. The first-order valence-electron chi connectivity index (χ1n) is 6.11. The normalized spacial score (nSPS) is 20.8. The van der Waals surface area contributed by atoms with E-state index in [4.69, 9.17) is 0 Å². The summed E-state index contributed by atoms with van der Waals surface area (Å²) in [6.45, 7) is 1.76. The highest BCUT2D eigenvalue weighted by Crippen LogP contribution is 2.11. The minimum absolute atomic E-state index is 0.0638. The highest BCUT2D eigenvalue weighted by atomic mass is 16.1. The van der Waals surface area contributed by atoms with Crippen LogP contribution in [0, 0.1) is 0 Å². The summed E-state index contributed by atoms with van der Waals surface area (Å²) in [6, 6.07) is 4.11. The van der Waals surface area contributed by atoms with Crippen LogP contribution in [0.5, 0.6) is 0 Å². The standard InChI is InChI=1S/C12H16N4O/c17-12-15-10-5-3-7-14-11(10)16(12)8-9-4-1-2-6-13-9/h3,5,7,9,13H,1-2,4,6,8H2,(H,15,17). The molecule has 17 heavy (non-hydrogen) atoms. The van der Waals surface area contributed by atoms with E-state index in [1.165, 1.54) is 12.8 Å². The number of H-pyrrole nitrogens is 1. The lowest BCUT2D eigenvalue weighted by molar-refractivity contribution is 0.362. The lowest BCUT2D eigenvalue weighted by Gasteiger charge is -2.23. The van der Waals surface area contributed by atoms with E-state index in [1.807, 2.05) is 12.1 Å². The highest BCUT2D eigenvalue weighted by Gasteiger charge is 2.16. The van der Waals surface area contributed by atoms with E-state index in [1.54, 1.807) is 10.8 Å². The summed E-state index contributed by atoms with van der Waals surface area (Å²) < 4.78 is 1.73. The van der Waals surface area contributed by atoms with Gasteiger partial charge in [-0.15, -0.1) is 0 Å². The Bertz CT molecular complexity index is 565. The zero-order valence-corrected chi connectivity index (χ0v) is 9.65. The Labute approximate surface area is 98.9 Å². The zero-order chi connectivity index (χ0) is 11.7. The molecule has 3 heterocycles. The van der Waals surface area contributed by atoms with Crippen LogP contribution in [0.3, 0.4) is 0 Å². The third-order valence-corrected chi connectivity index (χ3v) is 3.34. The van der Waals surface area contributed by atoms with Crippen molar-refractivity contribution in [2.24, 2.45) is 0 Å². The molecule has 1 atom stereocenters. The minimum atomic E-state index is -0.0638. The fourth-order valence-corrected chi connectivity index (χ4v) is 2.46. The minimum Gasteiger partial charge on any atom is -0.312 e. The van der Waals surface area contributed by atoms with Crippen molar-refractivity contribution < 1.29 is 0 Å². The van der Waals surface area contributed by atoms with Gasteiger partial charge in [0.2, 0.25) is 0 Å².